The van der Waals surface area contributed by atoms with Gasteiger partial charge in [0.15, 0.2) is 17.1 Å². The lowest BCUT2D eigenvalue weighted by Crippen LogP contribution is -2.57. The molecular weight excluding hydrogens is 472 g/mol. The fourth-order valence-electron chi connectivity index (χ4n) is 4.96. The van der Waals surface area contributed by atoms with Gasteiger partial charge in [0.25, 0.3) is 5.91 Å². The number of halogens is 2. The molecule has 0 saturated heterocycles. The van der Waals surface area contributed by atoms with Crippen LogP contribution in [0.4, 0.5) is 20.4 Å². The first-order valence-electron chi connectivity index (χ1n) is 11.0. The van der Waals surface area contributed by atoms with Crippen molar-refractivity contribution in [3.63, 3.8) is 0 Å². The van der Waals surface area contributed by atoms with Gasteiger partial charge in [0.05, 0.1) is 29.1 Å². The zero-order valence-corrected chi connectivity index (χ0v) is 19.4. The summed E-state index contributed by atoms with van der Waals surface area (Å²) in [5.41, 5.74) is -1.78. The quantitative estimate of drug-likeness (QED) is 0.450. The number of nitrogens with one attached hydrogen (secondary N) is 2. The van der Waals surface area contributed by atoms with Crippen molar-refractivity contribution >= 4 is 34.5 Å². The number of benzene rings is 1. The lowest BCUT2D eigenvalue weighted by Gasteiger charge is -2.43. The fraction of sp³-hybridized carbons (Fsp3) is 0.250. The summed E-state index contributed by atoms with van der Waals surface area (Å²) < 4.78 is 35.6. The minimum atomic E-state index is -1.63. The minimum Gasteiger partial charge on any atom is -0.362 e. The second-order valence-electron chi connectivity index (χ2n) is 9.16. The zero-order valence-electron chi connectivity index (χ0n) is 19.4. The Morgan fingerprint density at radius 2 is 1.75 bits per heavy atom. The van der Waals surface area contributed by atoms with Crippen LogP contribution in [0.5, 0.6) is 0 Å². The molecule has 0 fully saturated rings. The molecule has 12 heteroatoms. The molecule has 0 aliphatic carbocycles. The van der Waals surface area contributed by atoms with Crippen LogP contribution < -0.4 is 10.6 Å². The van der Waals surface area contributed by atoms with E-state index in [4.69, 9.17) is 4.74 Å². The maximum absolute atomic E-state index is 14.3. The molecule has 2 aliphatic heterocycles. The molecule has 2 amide bonds. The highest BCUT2D eigenvalue weighted by Crippen LogP contribution is 2.55. The van der Waals surface area contributed by atoms with Crippen LogP contribution in [0, 0.1) is 17.0 Å². The normalized spacial score (nSPS) is 19.8. The topological polar surface area (TPSA) is 124 Å². The van der Waals surface area contributed by atoms with Crippen LogP contribution in [-0.4, -0.2) is 43.7 Å². The molecule has 1 aromatic carbocycles. The highest BCUT2D eigenvalue weighted by Gasteiger charge is 2.65. The van der Waals surface area contributed by atoms with Crippen molar-refractivity contribution in [3.8, 4) is 11.5 Å². The minimum absolute atomic E-state index is 0.0145. The summed E-state index contributed by atoms with van der Waals surface area (Å²) in [4.78, 5) is 39.2. The van der Waals surface area contributed by atoms with Crippen LogP contribution in [-0.2, 0) is 26.5 Å². The van der Waals surface area contributed by atoms with Gasteiger partial charge in [-0.1, -0.05) is 18.2 Å². The second-order valence-corrected chi connectivity index (χ2v) is 9.16. The molecule has 0 saturated carbocycles. The monoisotopic (exact) mass is 491 g/mol. The standard InChI is InChI=1S/C24H19F2N7O3/c1-23(2)21(34)30-17-15-18(31-22(35)24(15,23)36-3)29-19(28-17)16-13-8-12(25)9-27-20(13)33(32-16)10-11-6-4-5-7-14(11)26/h4-9H,10H2,1-3H3,(H2,28,29,30,31,34,35). The van der Waals surface area contributed by atoms with Crippen LogP contribution in [0.15, 0.2) is 36.5 Å². The van der Waals surface area contributed by atoms with Crippen molar-refractivity contribution in [3.05, 3.63) is 59.3 Å². The molecule has 3 aromatic heterocycles. The molecule has 36 heavy (non-hydrogen) atoms. The van der Waals surface area contributed by atoms with E-state index < -0.39 is 34.5 Å². The predicted octanol–water partition coefficient (Wildman–Crippen LogP) is 2.99. The zero-order chi connectivity index (χ0) is 25.4. The number of anilines is 2. The number of fused-ring (bicyclic) bond motifs is 1. The molecule has 5 heterocycles. The van der Waals surface area contributed by atoms with E-state index in [1.807, 2.05) is 0 Å². The number of rotatable bonds is 4. The molecule has 0 bridgehead atoms. The third-order valence-electron chi connectivity index (χ3n) is 6.84. The number of ether oxygens (including phenoxy) is 1. The Kier molecular flexibility index (Phi) is 4.52. The Labute approximate surface area is 202 Å². The van der Waals surface area contributed by atoms with E-state index in [2.05, 4.69) is 30.7 Å². The van der Waals surface area contributed by atoms with Gasteiger partial charge >= 0.3 is 0 Å². The first-order valence-corrected chi connectivity index (χ1v) is 11.0. The van der Waals surface area contributed by atoms with Gasteiger partial charge in [-0.25, -0.2) is 28.4 Å². The number of aromatic nitrogens is 5. The summed E-state index contributed by atoms with van der Waals surface area (Å²) in [5, 5.41) is 10.2. The summed E-state index contributed by atoms with van der Waals surface area (Å²) in [6, 6.07) is 7.44. The van der Waals surface area contributed by atoms with E-state index in [9.17, 15) is 18.4 Å². The van der Waals surface area contributed by atoms with Crippen LogP contribution >= 0.6 is 0 Å². The van der Waals surface area contributed by atoms with Crippen LogP contribution in [0.1, 0.15) is 25.0 Å². The molecule has 6 rings (SSSR count). The van der Waals surface area contributed by atoms with Crippen molar-refractivity contribution in [1.29, 1.82) is 0 Å². The number of carbonyl (C=O) groups excluding carboxylic acids is 2. The lowest BCUT2D eigenvalue weighted by atomic mass is 9.68. The molecular formula is C24H19F2N7O3. The Morgan fingerprint density at radius 3 is 2.44 bits per heavy atom. The average molecular weight is 491 g/mol. The summed E-state index contributed by atoms with van der Waals surface area (Å²) >= 11 is 0. The molecule has 0 spiro atoms. The van der Waals surface area contributed by atoms with E-state index in [-0.39, 0.29) is 40.7 Å². The van der Waals surface area contributed by atoms with Gasteiger partial charge < -0.3 is 15.4 Å². The number of amides is 2. The number of hydrogen-bond donors (Lipinski definition) is 2. The summed E-state index contributed by atoms with van der Waals surface area (Å²) in [7, 11) is 1.35. The summed E-state index contributed by atoms with van der Waals surface area (Å²) in [6.45, 7) is 3.22. The Morgan fingerprint density at radius 1 is 1.06 bits per heavy atom. The first kappa shape index (κ1) is 22.2. The second kappa shape index (κ2) is 7.34. The molecule has 182 valence electrons. The average Bonchev–Trinajstić information content (AvgIpc) is 3.34. The molecule has 4 aromatic rings. The molecule has 2 N–H and O–H groups in total. The van der Waals surface area contributed by atoms with Crippen molar-refractivity contribution in [1.82, 2.24) is 24.7 Å². The van der Waals surface area contributed by atoms with Crippen molar-refractivity contribution in [2.75, 3.05) is 17.7 Å². The number of hydrogen-bond acceptors (Lipinski definition) is 7. The maximum atomic E-state index is 14.3. The largest absolute Gasteiger partial charge is 0.362 e. The van der Waals surface area contributed by atoms with Gasteiger partial charge in [0, 0.05) is 12.7 Å². The van der Waals surface area contributed by atoms with Crippen LogP contribution in [0.2, 0.25) is 0 Å². The Hall–Kier alpha value is -4.32. The van der Waals surface area contributed by atoms with Gasteiger partial charge in [-0.2, -0.15) is 5.10 Å². The first-order chi connectivity index (χ1) is 17.2. The number of methoxy groups -OCH3 is 1. The number of carbonyl (C=O) groups is 2. The molecule has 1 unspecified atom stereocenters. The molecule has 1 atom stereocenters. The van der Waals surface area contributed by atoms with E-state index >= 15 is 0 Å². The Bertz CT molecular complexity index is 1620. The van der Waals surface area contributed by atoms with E-state index in [0.717, 1.165) is 6.20 Å². The van der Waals surface area contributed by atoms with Crippen molar-refractivity contribution in [2.45, 2.75) is 26.0 Å². The van der Waals surface area contributed by atoms with E-state index in [1.165, 1.54) is 23.9 Å². The lowest BCUT2D eigenvalue weighted by molar-refractivity contribution is -0.164. The SMILES string of the molecule is COC12C(=O)Nc3nc(-c4nn(Cc5ccccc5F)c5ncc(F)cc45)nc(c31)NC(=O)C2(C)C. The summed E-state index contributed by atoms with van der Waals surface area (Å²) in [5.74, 6) is -1.80. The van der Waals surface area contributed by atoms with Gasteiger partial charge in [0.2, 0.25) is 5.91 Å². The third-order valence-corrected chi connectivity index (χ3v) is 6.84. The maximum Gasteiger partial charge on any atom is 0.263 e. The molecule has 0 radical (unpaired) electrons. The predicted molar refractivity (Wildman–Crippen MR) is 124 cm³/mol. The van der Waals surface area contributed by atoms with Crippen LogP contribution in [0.3, 0.4) is 0 Å². The fourth-order valence-corrected chi connectivity index (χ4v) is 4.96. The van der Waals surface area contributed by atoms with E-state index in [0.29, 0.717) is 11.1 Å². The van der Waals surface area contributed by atoms with Gasteiger partial charge in [-0.15, -0.1) is 0 Å². The molecule has 10 nitrogen and oxygen atoms in total. The highest BCUT2D eigenvalue weighted by atomic mass is 19.1. The van der Waals surface area contributed by atoms with Gasteiger partial charge in [-0.05, 0) is 26.0 Å². The Balaban J connectivity index is 1.56. The summed E-state index contributed by atoms with van der Waals surface area (Å²) in [6.07, 6.45) is 1.04. The third kappa shape index (κ3) is 2.78. The molecule has 2 aliphatic rings. The smallest absolute Gasteiger partial charge is 0.263 e. The van der Waals surface area contributed by atoms with Crippen LogP contribution in [0.25, 0.3) is 22.6 Å². The van der Waals surface area contributed by atoms with E-state index in [1.54, 1.807) is 32.0 Å². The van der Waals surface area contributed by atoms with Gasteiger partial charge in [-0.3, -0.25) is 9.59 Å². The number of pyridine rings is 1. The van der Waals surface area contributed by atoms with Crippen molar-refractivity contribution in [2.24, 2.45) is 5.41 Å². The van der Waals surface area contributed by atoms with Gasteiger partial charge in [0.1, 0.15) is 29.0 Å². The number of nitrogens with zero attached hydrogens (tertiary/aromatic N) is 5. The highest BCUT2D eigenvalue weighted by molar-refractivity contribution is 6.14. The van der Waals surface area contributed by atoms with Crippen molar-refractivity contribution < 1.29 is 23.1 Å².